The number of hydrogen-bond donors (Lipinski definition) is 2. The van der Waals surface area contributed by atoms with Gasteiger partial charge in [0, 0.05) is 18.6 Å². The van der Waals surface area contributed by atoms with E-state index in [1.54, 1.807) is 12.1 Å². The highest BCUT2D eigenvalue weighted by Crippen LogP contribution is 2.20. The number of carbonyl (C=O) groups is 3. The Morgan fingerprint density at radius 2 is 1.71 bits per heavy atom. The first-order valence-corrected chi connectivity index (χ1v) is 6.79. The molecular formula is C14H14ClN3O3. The lowest BCUT2D eigenvalue weighted by atomic mass is 10.1. The van der Waals surface area contributed by atoms with Crippen LogP contribution in [0, 0.1) is 0 Å². The zero-order valence-corrected chi connectivity index (χ0v) is 11.9. The van der Waals surface area contributed by atoms with Gasteiger partial charge >= 0.3 is 0 Å². The number of halogens is 1. The molecule has 0 unspecified atom stereocenters. The highest BCUT2D eigenvalue weighted by molar-refractivity contribution is 6.28. The zero-order chi connectivity index (χ0) is 15.2. The van der Waals surface area contributed by atoms with E-state index in [1.807, 2.05) is 12.1 Å². The van der Waals surface area contributed by atoms with Gasteiger partial charge < -0.3 is 0 Å². The Kier molecular flexibility index (Phi) is 5.08. The van der Waals surface area contributed by atoms with Crippen LogP contribution in [0.5, 0.6) is 0 Å². The molecule has 0 saturated heterocycles. The Morgan fingerprint density at radius 3 is 2.29 bits per heavy atom. The predicted octanol–water partition coefficient (Wildman–Crippen LogP) is 1.21. The Balaban J connectivity index is 1.89. The van der Waals surface area contributed by atoms with Crippen LogP contribution in [0.25, 0.3) is 0 Å². The lowest BCUT2D eigenvalue weighted by molar-refractivity contribution is -0.122. The number of rotatable bonds is 6. The fourth-order valence-electron chi connectivity index (χ4n) is 2.03. The standard InChI is InChI=1S/C14H14ClN3O3/c15-17-16-12(19)3-1-2-10-4-6-11(7-5-10)18-13(20)8-9-14(18)21/h4-9,17H,1-3H2,(H,16,19). The summed E-state index contributed by atoms with van der Waals surface area (Å²) in [5.41, 5.74) is 3.85. The highest BCUT2D eigenvalue weighted by Gasteiger charge is 2.24. The molecule has 1 heterocycles. The minimum Gasteiger partial charge on any atom is -0.277 e. The number of nitrogens with zero attached hydrogens (tertiary/aromatic N) is 1. The second-order valence-corrected chi connectivity index (χ2v) is 4.70. The first-order valence-electron chi connectivity index (χ1n) is 6.41. The van der Waals surface area contributed by atoms with Crippen molar-refractivity contribution >= 4 is 35.2 Å². The van der Waals surface area contributed by atoms with E-state index in [2.05, 4.69) is 10.4 Å². The summed E-state index contributed by atoms with van der Waals surface area (Å²) in [6, 6.07) is 7.12. The lowest BCUT2D eigenvalue weighted by Crippen LogP contribution is -2.30. The molecule has 7 heteroatoms. The van der Waals surface area contributed by atoms with E-state index < -0.39 is 0 Å². The van der Waals surface area contributed by atoms with Crippen LogP contribution >= 0.6 is 11.8 Å². The SMILES string of the molecule is O=C(CCCc1ccc(N2C(=O)C=CC2=O)cc1)NNCl. The molecule has 0 aliphatic carbocycles. The summed E-state index contributed by atoms with van der Waals surface area (Å²) in [4.78, 5) is 37.4. The molecule has 110 valence electrons. The molecule has 3 amide bonds. The molecule has 1 aliphatic rings. The number of anilines is 1. The molecule has 1 aliphatic heterocycles. The largest absolute Gasteiger partial charge is 0.277 e. The van der Waals surface area contributed by atoms with Crippen molar-refractivity contribution in [3.63, 3.8) is 0 Å². The molecule has 21 heavy (non-hydrogen) atoms. The van der Waals surface area contributed by atoms with Gasteiger partial charge in [0.1, 0.15) is 0 Å². The monoisotopic (exact) mass is 307 g/mol. The van der Waals surface area contributed by atoms with Crippen LogP contribution in [0.15, 0.2) is 36.4 Å². The molecule has 2 rings (SSSR count). The first kappa shape index (κ1) is 15.2. The Hall–Kier alpha value is -2.18. The predicted molar refractivity (Wildman–Crippen MR) is 78.1 cm³/mol. The summed E-state index contributed by atoms with van der Waals surface area (Å²) < 4.78 is 0. The van der Waals surface area contributed by atoms with Gasteiger partial charge in [-0.1, -0.05) is 12.1 Å². The van der Waals surface area contributed by atoms with Crippen LogP contribution < -0.4 is 15.3 Å². The lowest BCUT2D eigenvalue weighted by Gasteiger charge is -2.14. The van der Waals surface area contributed by atoms with Crippen molar-refractivity contribution in [3.05, 3.63) is 42.0 Å². The first-order chi connectivity index (χ1) is 10.1. The molecule has 0 radical (unpaired) electrons. The van der Waals surface area contributed by atoms with E-state index >= 15 is 0 Å². The van der Waals surface area contributed by atoms with Crippen molar-refractivity contribution in [1.29, 1.82) is 0 Å². The van der Waals surface area contributed by atoms with Gasteiger partial charge in [0.05, 0.1) is 5.69 Å². The third-order valence-corrected chi connectivity index (χ3v) is 3.15. The van der Waals surface area contributed by atoms with E-state index in [9.17, 15) is 14.4 Å². The number of amides is 3. The van der Waals surface area contributed by atoms with Gasteiger partial charge in [-0.2, -0.15) is 0 Å². The van der Waals surface area contributed by atoms with E-state index in [1.165, 1.54) is 12.2 Å². The van der Waals surface area contributed by atoms with Crippen molar-refractivity contribution < 1.29 is 14.4 Å². The third-order valence-electron chi connectivity index (χ3n) is 3.06. The van der Waals surface area contributed by atoms with Gasteiger partial charge in [-0.3, -0.25) is 19.8 Å². The smallest absolute Gasteiger partial charge is 0.258 e. The molecule has 0 atom stereocenters. The summed E-state index contributed by atoms with van der Waals surface area (Å²) in [6.45, 7) is 0. The van der Waals surface area contributed by atoms with Gasteiger partial charge in [0.25, 0.3) is 11.8 Å². The van der Waals surface area contributed by atoms with Crippen molar-refractivity contribution in [2.75, 3.05) is 4.90 Å². The van der Waals surface area contributed by atoms with Crippen LogP contribution in [0.4, 0.5) is 5.69 Å². The Bertz CT molecular complexity index is 566. The quantitative estimate of drug-likeness (QED) is 0.470. The second kappa shape index (κ2) is 7.01. The van der Waals surface area contributed by atoms with Crippen molar-refractivity contribution in [3.8, 4) is 0 Å². The van der Waals surface area contributed by atoms with Crippen LogP contribution in [0.2, 0.25) is 0 Å². The van der Waals surface area contributed by atoms with Gasteiger partial charge in [-0.15, -0.1) is 4.94 Å². The normalized spacial score (nSPS) is 13.9. The maximum atomic E-state index is 11.5. The summed E-state index contributed by atoms with van der Waals surface area (Å²) >= 11 is 5.15. The van der Waals surface area contributed by atoms with Gasteiger partial charge in [-0.05, 0) is 42.3 Å². The maximum absolute atomic E-state index is 11.5. The number of hydrogen-bond acceptors (Lipinski definition) is 4. The van der Waals surface area contributed by atoms with Gasteiger partial charge in [0.2, 0.25) is 5.91 Å². The average Bonchev–Trinajstić information content (AvgIpc) is 2.79. The highest BCUT2D eigenvalue weighted by atomic mass is 35.5. The van der Waals surface area contributed by atoms with Crippen LogP contribution in [-0.2, 0) is 20.8 Å². The van der Waals surface area contributed by atoms with Crippen LogP contribution in [-0.4, -0.2) is 17.7 Å². The maximum Gasteiger partial charge on any atom is 0.258 e. The summed E-state index contributed by atoms with van der Waals surface area (Å²) in [5.74, 6) is -0.850. The average molecular weight is 308 g/mol. The van der Waals surface area contributed by atoms with Crippen molar-refractivity contribution in [1.82, 2.24) is 10.4 Å². The summed E-state index contributed by atoms with van der Waals surface area (Å²) in [6.07, 6.45) is 4.25. The van der Waals surface area contributed by atoms with Crippen LogP contribution in [0.3, 0.4) is 0 Å². The van der Waals surface area contributed by atoms with Gasteiger partial charge in [0.15, 0.2) is 0 Å². The molecule has 0 bridgehead atoms. The zero-order valence-electron chi connectivity index (χ0n) is 11.1. The number of nitrogens with one attached hydrogen (secondary N) is 2. The second-order valence-electron chi connectivity index (χ2n) is 4.51. The third kappa shape index (κ3) is 3.90. The molecular weight excluding hydrogens is 294 g/mol. The minimum absolute atomic E-state index is 0.180. The molecule has 6 nitrogen and oxygen atoms in total. The Labute approximate surface area is 126 Å². The molecule has 0 aromatic heterocycles. The van der Waals surface area contributed by atoms with E-state index in [4.69, 9.17) is 11.8 Å². The van der Waals surface area contributed by atoms with Crippen LogP contribution in [0.1, 0.15) is 18.4 Å². The fourth-order valence-corrected chi connectivity index (χ4v) is 2.14. The van der Waals surface area contributed by atoms with Crippen molar-refractivity contribution in [2.24, 2.45) is 0 Å². The summed E-state index contributed by atoms with van der Waals surface area (Å²) in [7, 11) is 0. The summed E-state index contributed by atoms with van der Waals surface area (Å²) in [5, 5.41) is 0. The number of benzene rings is 1. The van der Waals surface area contributed by atoms with Gasteiger partial charge in [-0.25, -0.2) is 4.90 Å². The fraction of sp³-hybridized carbons (Fsp3) is 0.214. The Morgan fingerprint density at radius 1 is 1.10 bits per heavy atom. The molecule has 2 N–H and O–H groups in total. The molecule has 1 aromatic rings. The molecule has 0 spiro atoms. The number of carbonyl (C=O) groups excluding carboxylic acids is 3. The molecule has 0 saturated carbocycles. The molecule has 1 aromatic carbocycles. The minimum atomic E-state index is -0.335. The van der Waals surface area contributed by atoms with E-state index in [0.29, 0.717) is 18.5 Å². The van der Waals surface area contributed by atoms with E-state index in [-0.39, 0.29) is 17.7 Å². The van der Waals surface area contributed by atoms with Crippen molar-refractivity contribution in [2.45, 2.75) is 19.3 Å². The van der Waals surface area contributed by atoms with E-state index in [0.717, 1.165) is 16.9 Å². The number of aryl methyl sites for hydroxylation is 1. The molecule has 0 fully saturated rings. The number of imide groups is 1. The topological polar surface area (TPSA) is 78.5 Å². The number of hydrazine groups is 1.